The molecule has 0 bridgehead atoms. The Balaban J connectivity index is 2.48. The minimum Gasteiger partial charge on any atom is -0.459 e. The molecule has 1 heterocycles. The van der Waals surface area contributed by atoms with Crippen LogP contribution in [0.15, 0.2) is 0 Å². The second-order valence-corrected chi connectivity index (χ2v) is 6.69. The van der Waals surface area contributed by atoms with Crippen LogP contribution in [0.1, 0.15) is 34.6 Å². The zero-order valence-corrected chi connectivity index (χ0v) is 10.3. The summed E-state index contributed by atoms with van der Waals surface area (Å²) >= 11 is 1.75. The van der Waals surface area contributed by atoms with Crippen LogP contribution in [0.4, 0.5) is 0 Å². The van der Waals surface area contributed by atoms with E-state index < -0.39 is 5.60 Å². The highest BCUT2D eigenvalue weighted by Gasteiger charge is 2.36. The van der Waals surface area contributed by atoms with E-state index in [4.69, 9.17) is 4.74 Å². The van der Waals surface area contributed by atoms with E-state index in [0.717, 1.165) is 5.75 Å². The molecule has 1 fully saturated rings. The molecule has 1 aliphatic heterocycles. The van der Waals surface area contributed by atoms with Crippen molar-refractivity contribution in [2.75, 3.05) is 5.75 Å². The molecule has 0 amide bonds. The number of hydrogen-bond acceptors (Lipinski definition) is 4. The van der Waals surface area contributed by atoms with E-state index in [9.17, 15) is 4.79 Å². The Labute approximate surface area is 90.0 Å². The molecule has 1 N–H and O–H groups in total. The first-order valence-electron chi connectivity index (χ1n) is 4.84. The van der Waals surface area contributed by atoms with Crippen molar-refractivity contribution in [3.05, 3.63) is 0 Å². The highest BCUT2D eigenvalue weighted by atomic mass is 32.2. The first kappa shape index (κ1) is 11.9. The van der Waals surface area contributed by atoms with E-state index in [1.54, 1.807) is 11.8 Å². The summed E-state index contributed by atoms with van der Waals surface area (Å²) in [7, 11) is 0. The number of ether oxygens (including phenoxy) is 1. The molecule has 0 aliphatic carbocycles. The van der Waals surface area contributed by atoms with Gasteiger partial charge in [0.15, 0.2) is 0 Å². The van der Waals surface area contributed by atoms with Gasteiger partial charge in [0.25, 0.3) is 0 Å². The Morgan fingerprint density at radius 1 is 1.50 bits per heavy atom. The van der Waals surface area contributed by atoms with Crippen LogP contribution in [0.25, 0.3) is 0 Å². The highest BCUT2D eigenvalue weighted by molar-refractivity contribution is 8.00. The lowest BCUT2D eigenvalue weighted by atomic mass is 10.2. The van der Waals surface area contributed by atoms with Gasteiger partial charge in [-0.25, -0.2) is 0 Å². The van der Waals surface area contributed by atoms with Gasteiger partial charge in [0.1, 0.15) is 11.6 Å². The number of thioether (sulfide) groups is 1. The summed E-state index contributed by atoms with van der Waals surface area (Å²) in [5.74, 6) is 0.651. The summed E-state index contributed by atoms with van der Waals surface area (Å²) in [5, 5.41) is 3.24. The molecule has 0 saturated carbocycles. The van der Waals surface area contributed by atoms with Crippen LogP contribution in [0.3, 0.4) is 0 Å². The molecular formula is C10H19NO2S. The second kappa shape index (κ2) is 3.74. The average molecular weight is 217 g/mol. The summed E-state index contributed by atoms with van der Waals surface area (Å²) in [6.45, 7) is 9.80. The third kappa shape index (κ3) is 3.50. The van der Waals surface area contributed by atoms with Crippen molar-refractivity contribution >= 4 is 17.7 Å². The lowest BCUT2D eigenvalue weighted by molar-refractivity contribution is -0.156. The van der Waals surface area contributed by atoms with Crippen LogP contribution in [-0.4, -0.2) is 28.2 Å². The molecule has 0 radical (unpaired) electrons. The minimum absolute atomic E-state index is 0.0123. The maximum Gasteiger partial charge on any atom is 0.324 e. The average Bonchev–Trinajstić information content (AvgIpc) is 2.26. The predicted octanol–water partition coefficient (Wildman–Crippen LogP) is 1.77. The van der Waals surface area contributed by atoms with Crippen molar-refractivity contribution in [3.8, 4) is 0 Å². The summed E-state index contributed by atoms with van der Waals surface area (Å²) in [5.41, 5.74) is -0.393. The van der Waals surface area contributed by atoms with Gasteiger partial charge in [-0.3, -0.25) is 10.1 Å². The Morgan fingerprint density at radius 3 is 2.43 bits per heavy atom. The molecule has 82 valence electrons. The van der Waals surface area contributed by atoms with E-state index in [1.807, 2.05) is 20.8 Å². The Hall–Kier alpha value is -0.220. The van der Waals surface area contributed by atoms with Crippen molar-refractivity contribution in [2.45, 2.75) is 51.1 Å². The number of hydrogen-bond donors (Lipinski definition) is 1. The van der Waals surface area contributed by atoms with Gasteiger partial charge in [0.2, 0.25) is 0 Å². The Morgan fingerprint density at radius 2 is 2.07 bits per heavy atom. The van der Waals surface area contributed by atoms with Gasteiger partial charge >= 0.3 is 5.97 Å². The summed E-state index contributed by atoms with van der Waals surface area (Å²) < 4.78 is 5.30. The molecule has 0 unspecified atom stereocenters. The predicted molar refractivity (Wildman–Crippen MR) is 59.3 cm³/mol. The maximum absolute atomic E-state index is 11.7. The van der Waals surface area contributed by atoms with Gasteiger partial charge in [-0.1, -0.05) is 0 Å². The van der Waals surface area contributed by atoms with Gasteiger partial charge in [0, 0.05) is 5.75 Å². The van der Waals surface area contributed by atoms with Crippen molar-refractivity contribution in [2.24, 2.45) is 0 Å². The fourth-order valence-electron chi connectivity index (χ4n) is 1.29. The number of rotatable bonds is 1. The Bertz CT molecular complexity index is 233. The first-order valence-corrected chi connectivity index (χ1v) is 5.83. The zero-order valence-electron chi connectivity index (χ0n) is 9.51. The van der Waals surface area contributed by atoms with Crippen LogP contribution in [0, 0.1) is 0 Å². The maximum atomic E-state index is 11.7. The van der Waals surface area contributed by atoms with Crippen LogP contribution in [0.5, 0.6) is 0 Å². The molecule has 0 aromatic carbocycles. The quantitative estimate of drug-likeness (QED) is 0.679. The largest absolute Gasteiger partial charge is 0.459 e. The smallest absolute Gasteiger partial charge is 0.324 e. The molecule has 0 aromatic heterocycles. The standard InChI is InChI=1S/C10H19NO2S/c1-9(2,3)13-8(12)7-6-14-10(4,5)11-7/h7,11H,6H2,1-5H3/t7-/m0/s1. The normalized spacial score (nSPS) is 26.2. The monoisotopic (exact) mass is 217 g/mol. The Kier molecular flexibility index (Phi) is 3.17. The van der Waals surface area contributed by atoms with E-state index in [2.05, 4.69) is 19.2 Å². The number of carbonyl (C=O) groups is 1. The molecule has 4 heteroatoms. The molecule has 1 saturated heterocycles. The molecule has 1 aliphatic rings. The SMILES string of the molecule is CC(C)(C)OC(=O)[C@@H]1CSC(C)(C)N1. The van der Waals surface area contributed by atoms with Gasteiger partial charge < -0.3 is 4.74 Å². The molecular weight excluding hydrogens is 198 g/mol. The van der Waals surface area contributed by atoms with Gasteiger partial charge in [0.05, 0.1) is 4.87 Å². The fourth-order valence-corrected chi connectivity index (χ4v) is 2.32. The van der Waals surface area contributed by atoms with E-state index in [-0.39, 0.29) is 16.9 Å². The van der Waals surface area contributed by atoms with Crippen molar-refractivity contribution in [1.82, 2.24) is 5.32 Å². The van der Waals surface area contributed by atoms with Crippen LogP contribution < -0.4 is 5.32 Å². The van der Waals surface area contributed by atoms with Crippen LogP contribution in [-0.2, 0) is 9.53 Å². The number of esters is 1. The van der Waals surface area contributed by atoms with Crippen molar-refractivity contribution in [1.29, 1.82) is 0 Å². The topological polar surface area (TPSA) is 38.3 Å². The molecule has 0 aromatic rings. The zero-order chi connectivity index (χ0) is 11.0. The number of carbonyl (C=O) groups excluding carboxylic acids is 1. The van der Waals surface area contributed by atoms with Crippen LogP contribution in [0.2, 0.25) is 0 Å². The molecule has 3 nitrogen and oxygen atoms in total. The lowest BCUT2D eigenvalue weighted by Gasteiger charge is -2.23. The molecule has 0 spiro atoms. The van der Waals surface area contributed by atoms with Gasteiger partial charge in [-0.2, -0.15) is 0 Å². The summed E-state index contributed by atoms with van der Waals surface area (Å²) in [6, 6.07) is -0.158. The van der Waals surface area contributed by atoms with E-state index in [0.29, 0.717) is 0 Å². The minimum atomic E-state index is -0.393. The molecule has 14 heavy (non-hydrogen) atoms. The van der Waals surface area contributed by atoms with E-state index >= 15 is 0 Å². The van der Waals surface area contributed by atoms with Gasteiger partial charge in [-0.15, -0.1) is 11.8 Å². The number of nitrogens with one attached hydrogen (secondary N) is 1. The fraction of sp³-hybridized carbons (Fsp3) is 0.900. The van der Waals surface area contributed by atoms with Crippen molar-refractivity contribution < 1.29 is 9.53 Å². The molecule has 1 rings (SSSR count). The highest BCUT2D eigenvalue weighted by Crippen LogP contribution is 2.29. The van der Waals surface area contributed by atoms with E-state index in [1.165, 1.54) is 0 Å². The van der Waals surface area contributed by atoms with Gasteiger partial charge in [-0.05, 0) is 34.6 Å². The third-order valence-electron chi connectivity index (χ3n) is 1.82. The van der Waals surface area contributed by atoms with Crippen molar-refractivity contribution in [3.63, 3.8) is 0 Å². The summed E-state index contributed by atoms with van der Waals surface area (Å²) in [4.78, 5) is 11.6. The first-order chi connectivity index (χ1) is 6.20. The summed E-state index contributed by atoms with van der Waals surface area (Å²) in [6.07, 6.45) is 0. The lowest BCUT2D eigenvalue weighted by Crippen LogP contribution is -2.44. The van der Waals surface area contributed by atoms with Crippen LogP contribution >= 0.6 is 11.8 Å². The molecule has 1 atom stereocenters. The second-order valence-electron chi connectivity index (χ2n) is 5.05. The third-order valence-corrected chi connectivity index (χ3v) is 3.16.